The highest BCUT2D eigenvalue weighted by Crippen LogP contribution is 2.36. The molecule has 6 heteroatoms. The van der Waals surface area contributed by atoms with Crippen LogP contribution in [0.25, 0.3) is 10.8 Å². The number of carbonyl (C=O) groups is 2. The molecule has 0 saturated heterocycles. The Morgan fingerprint density at radius 1 is 0.909 bits per heavy atom. The Balaban J connectivity index is 2.03. The number of hydrogen-bond acceptors (Lipinski definition) is 4. The van der Waals surface area contributed by atoms with Crippen molar-refractivity contribution in [1.82, 2.24) is 4.90 Å². The number of nitrogens with zero attached hydrogens (tertiary/aromatic N) is 1. The lowest BCUT2D eigenvalue weighted by Crippen LogP contribution is -2.38. The van der Waals surface area contributed by atoms with Gasteiger partial charge in [-0.15, -0.1) is 0 Å². The standard InChI is InChI=1S/C27H31NO5/c1-27(2,3)33-26(31)28(4)17-23(22-15-14-19-10-8-9-13-21(19)16-22)25(32-18-24(29)30)20-11-6-5-7-12-20/h5-16,23,25H,17-18H2,1-4H3,(H,29,30)/t23-,25-/m0/s1. The van der Waals surface area contributed by atoms with Gasteiger partial charge in [-0.25, -0.2) is 9.59 Å². The zero-order valence-corrected chi connectivity index (χ0v) is 19.5. The van der Waals surface area contributed by atoms with Gasteiger partial charge < -0.3 is 19.5 Å². The smallest absolute Gasteiger partial charge is 0.410 e. The van der Waals surface area contributed by atoms with Gasteiger partial charge >= 0.3 is 12.1 Å². The number of fused-ring (bicyclic) bond motifs is 1. The minimum absolute atomic E-state index is 0.284. The van der Waals surface area contributed by atoms with Crippen LogP contribution in [-0.2, 0) is 14.3 Å². The molecule has 0 bridgehead atoms. The summed E-state index contributed by atoms with van der Waals surface area (Å²) in [6.45, 7) is 5.30. The van der Waals surface area contributed by atoms with E-state index < -0.39 is 30.4 Å². The summed E-state index contributed by atoms with van der Waals surface area (Å²) in [7, 11) is 1.68. The summed E-state index contributed by atoms with van der Waals surface area (Å²) in [5.41, 5.74) is 1.17. The topological polar surface area (TPSA) is 76.1 Å². The molecular weight excluding hydrogens is 418 g/mol. The predicted octanol–water partition coefficient (Wildman–Crippen LogP) is 5.63. The number of likely N-dealkylation sites (N-methyl/N-ethyl adjacent to an activating group) is 1. The number of benzene rings is 3. The predicted molar refractivity (Wildman–Crippen MR) is 128 cm³/mol. The van der Waals surface area contributed by atoms with Gasteiger partial charge in [-0.1, -0.05) is 72.8 Å². The molecule has 6 nitrogen and oxygen atoms in total. The normalized spacial score (nSPS) is 13.3. The summed E-state index contributed by atoms with van der Waals surface area (Å²) in [5, 5.41) is 11.5. The summed E-state index contributed by atoms with van der Waals surface area (Å²) in [6, 6.07) is 23.6. The number of aliphatic carboxylic acids is 1. The van der Waals surface area contributed by atoms with Crippen molar-refractivity contribution in [2.24, 2.45) is 0 Å². The molecule has 2 atom stereocenters. The number of hydrogen-bond donors (Lipinski definition) is 1. The third-order valence-electron chi connectivity index (χ3n) is 5.26. The van der Waals surface area contributed by atoms with Crippen molar-refractivity contribution >= 4 is 22.8 Å². The maximum Gasteiger partial charge on any atom is 0.410 e. The number of carbonyl (C=O) groups excluding carboxylic acids is 1. The lowest BCUT2D eigenvalue weighted by molar-refractivity contribution is -0.145. The molecule has 0 aliphatic carbocycles. The second-order valence-corrected chi connectivity index (χ2v) is 9.11. The van der Waals surface area contributed by atoms with Gasteiger partial charge in [-0.3, -0.25) is 0 Å². The quantitative estimate of drug-likeness (QED) is 0.482. The number of rotatable bonds is 8. The molecule has 3 rings (SSSR count). The van der Waals surface area contributed by atoms with E-state index in [9.17, 15) is 14.7 Å². The summed E-state index contributed by atoms with van der Waals surface area (Å²) >= 11 is 0. The van der Waals surface area contributed by atoms with Crippen LogP contribution in [0.15, 0.2) is 72.8 Å². The van der Waals surface area contributed by atoms with Crippen LogP contribution in [0.1, 0.15) is 43.9 Å². The maximum atomic E-state index is 12.7. The van der Waals surface area contributed by atoms with Crippen LogP contribution in [0.5, 0.6) is 0 Å². The van der Waals surface area contributed by atoms with Crippen molar-refractivity contribution in [2.75, 3.05) is 20.2 Å². The fourth-order valence-corrected chi connectivity index (χ4v) is 3.77. The maximum absolute atomic E-state index is 12.7. The van der Waals surface area contributed by atoms with Crippen molar-refractivity contribution in [2.45, 2.75) is 38.4 Å². The molecule has 174 valence electrons. The van der Waals surface area contributed by atoms with E-state index in [1.807, 2.05) is 87.5 Å². The van der Waals surface area contributed by atoms with E-state index >= 15 is 0 Å². The zero-order chi connectivity index (χ0) is 24.0. The van der Waals surface area contributed by atoms with Crippen LogP contribution in [0.2, 0.25) is 0 Å². The molecule has 0 aliphatic heterocycles. The van der Waals surface area contributed by atoms with Gasteiger partial charge in [0.1, 0.15) is 12.2 Å². The van der Waals surface area contributed by atoms with E-state index in [-0.39, 0.29) is 12.5 Å². The highest BCUT2D eigenvalue weighted by molar-refractivity contribution is 5.83. The lowest BCUT2D eigenvalue weighted by atomic mass is 9.87. The molecule has 0 saturated carbocycles. The largest absolute Gasteiger partial charge is 0.480 e. The first-order valence-electron chi connectivity index (χ1n) is 11.0. The highest BCUT2D eigenvalue weighted by Gasteiger charge is 2.30. The molecule has 0 heterocycles. The fraction of sp³-hybridized carbons (Fsp3) is 0.333. The van der Waals surface area contributed by atoms with Crippen molar-refractivity contribution in [3.63, 3.8) is 0 Å². The van der Waals surface area contributed by atoms with E-state index in [1.165, 1.54) is 4.90 Å². The Labute approximate surface area is 194 Å². The summed E-state index contributed by atoms with van der Waals surface area (Å²) in [5.74, 6) is -1.37. The Kier molecular flexibility index (Phi) is 7.71. The van der Waals surface area contributed by atoms with E-state index in [4.69, 9.17) is 9.47 Å². The molecule has 0 aromatic heterocycles. The van der Waals surface area contributed by atoms with E-state index in [0.29, 0.717) is 0 Å². The average molecular weight is 450 g/mol. The minimum atomic E-state index is -1.05. The van der Waals surface area contributed by atoms with E-state index in [0.717, 1.165) is 21.9 Å². The van der Waals surface area contributed by atoms with Crippen LogP contribution >= 0.6 is 0 Å². The van der Waals surface area contributed by atoms with Crippen molar-refractivity contribution < 1.29 is 24.2 Å². The Morgan fingerprint density at radius 2 is 1.55 bits per heavy atom. The van der Waals surface area contributed by atoms with Crippen LogP contribution in [0, 0.1) is 0 Å². The Morgan fingerprint density at radius 3 is 2.18 bits per heavy atom. The van der Waals surface area contributed by atoms with Crippen molar-refractivity contribution in [3.05, 3.63) is 83.9 Å². The molecule has 3 aromatic rings. The Hall–Kier alpha value is -3.38. The second-order valence-electron chi connectivity index (χ2n) is 9.11. The summed E-state index contributed by atoms with van der Waals surface area (Å²) in [6.07, 6.45) is -1.02. The van der Waals surface area contributed by atoms with Crippen LogP contribution in [0.4, 0.5) is 4.79 Å². The molecule has 0 aliphatic rings. The van der Waals surface area contributed by atoms with Gasteiger partial charge in [0.2, 0.25) is 0 Å². The SMILES string of the molecule is CN(C[C@@H](c1ccc2ccccc2c1)[C@@H](OCC(=O)O)c1ccccc1)C(=O)OC(C)(C)C. The van der Waals surface area contributed by atoms with E-state index in [1.54, 1.807) is 7.05 Å². The number of carboxylic acids is 1. The molecule has 0 fully saturated rings. The molecule has 3 aromatic carbocycles. The minimum Gasteiger partial charge on any atom is -0.480 e. The van der Waals surface area contributed by atoms with Crippen molar-refractivity contribution in [1.29, 1.82) is 0 Å². The van der Waals surface area contributed by atoms with Crippen LogP contribution < -0.4 is 0 Å². The second kappa shape index (κ2) is 10.5. The first kappa shape index (κ1) is 24.3. The number of amides is 1. The zero-order valence-electron chi connectivity index (χ0n) is 19.5. The van der Waals surface area contributed by atoms with E-state index in [2.05, 4.69) is 6.07 Å². The van der Waals surface area contributed by atoms with Crippen LogP contribution in [0.3, 0.4) is 0 Å². The van der Waals surface area contributed by atoms with Gasteiger partial charge in [-0.2, -0.15) is 0 Å². The molecule has 0 radical (unpaired) electrons. The number of ether oxygens (including phenoxy) is 2. The van der Waals surface area contributed by atoms with Gasteiger partial charge in [0, 0.05) is 19.5 Å². The first-order valence-corrected chi connectivity index (χ1v) is 11.0. The van der Waals surface area contributed by atoms with Crippen LogP contribution in [-0.4, -0.2) is 47.9 Å². The molecule has 1 amide bonds. The fourth-order valence-electron chi connectivity index (χ4n) is 3.77. The van der Waals surface area contributed by atoms with Gasteiger partial charge in [0.15, 0.2) is 0 Å². The average Bonchev–Trinajstić information content (AvgIpc) is 2.77. The highest BCUT2D eigenvalue weighted by atomic mass is 16.6. The summed E-state index contributed by atoms with van der Waals surface area (Å²) in [4.78, 5) is 25.6. The summed E-state index contributed by atoms with van der Waals surface area (Å²) < 4.78 is 11.5. The molecule has 33 heavy (non-hydrogen) atoms. The van der Waals surface area contributed by atoms with Gasteiger partial charge in [-0.05, 0) is 42.7 Å². The molecule has 1 N–H and O–H groups in total. The monoisotopic (exact) mass is 449 g/mol. The third kappa shape index (κ3) is 6.80. The molecule has 0 spiro atoms. The molecule has 0 unspecified atom stereocenters. The number of carboxylic acid groups (broad SMARTS) is 1. The third-order valence-corrected chi connectivity index (χ3v) is 5.26. The molecular formula is C27H31NO5. The first-order chi connectivity index (χ1) is 15.6. The van der Waals surface area contributed by atoms with Crippen molar-refractivity contribution in [3.8, 4) is 0 Å². The van der Waals surface area contributed by atoms with Gasteiger partial charge in [0.25, 0.3) is 0 Å². The van der Waals surface area contributed by atoms with Gasteiger partial charge in [0.05, 0.1) is 6.10 Å². The Bertz CT molecular complexity index is 1090. The lowest BCUT2D eigenvalue weighted by Gasteiger charge is -2.32.